The van der Waals surface area contributed by atoms with E-state index in [0.717, 1.165) is 40.4 Å². The molecule has 5 nitrogen and oxygen atoms in total. The van der Waals surface area contributed by atoms with E-state index in [4.69, 9.17) is 0 Å². The van der Waals surface area contributed by atoms with Crippen molar-refractivity contribution in [3.8, 4) is 0 Å². The fourth-order valence-corrected chi connectivity index (χ4v) is 7.01. The Kier molecular flexibility index (Phi) is 6.64. The van der Waals surface area contributed by atoms with E-state index in [1.54, 1.807) is 23.1 Å². The van der Waals surface area contributed by atoms with Crippen molar-refractivity contribution in [2.24, 2.45) is 0 Å². The van der Waals surface area contributed by atoms with Crippen molar-refractivity contribution in [2.45, 2.75) is 76.4 Å². The van der Waals surface area contributed by atoms with E-state index < -0.39 is 0 Å². The third-order valence-corrected chi connectivity index (χ3v) is 8.66. The van der Waals surface area contributed by atoms with Crippen LogP contribution in [0.15, 0.2) is 40.3 Å². The molecule has 3 heterocycles. The van der Waals surface area contributed by atoms with Crippen LogP contribution in [0.5, 0.6) is 0 Å². The molecule has 0 fully saturated rings. The van der Waals surface area contributed by atoms with Gasteiger partial charge in [0, 0.05) is 17.2 Å². The number of nitrogens with zero attached hydrogens (tertiary/aromatic N) is 4. The van der Waals surface area contributed by atoms with E-state index >= 15 is 0 Å². The molecule has 0 saturated carbocycles. The van der Waals surface area contributed by atoms with E-state index in [9.17, 15) is 4.79 Å². The second kappa shape index (κ2) is 9.79. The predicted octanol–water partition coefficient (Wildman–Crippen LogP) is 5.90. The molecule has 0 radical (unpaired) electrons. The molecular formula is C25H30N4OS2. The Hall–Kier alpha value is -2.12. The smallest absolute Gasteiger partial charge is 0.263 e. The lowest BCUT2D eigenvalue weighted by Crippen LogP contribution is -2.24. The van der Waals surface area contributed by atoms with Gasteiger partial charge in [0.05, 0.1) is 5.39 Å². The van der Waals surface area contributed by atoms with Crippen LogP contribution in [0.2, 0.25) is 0 Å². The summed E-state index contributed by atoms with van der Waals surface area (Å²) < 4.78 is 4.04. The first-order valence-corrected chi connectivity index (χ1v) is 13.7. The van der Waals surface area contributed by atoms with Gasteiger partial charge < -0.3 is 0 Å². The van der Waals surface area contributed by atoms with Crippen LogP contribution in [0.4, 0.5) is 0 Å². The molecule has 7 heteroatoms. The van der Waals surface area contributed by atoms with E-state index in [1.165, 1.54) is 54.5 Å². The second-order valence-electron chi connectivity index (χ2n) is 8.61. The van der Waals surface area contributed by atoms with Crippen LogP contribution in [0, 0.1) is 0 Å². The summed E-state index contributed by atoms with van der Waals surface area (Å²) >= 11 is 3.57. The number of aryl methyl sites for hydroxylation is 4. The lowest BCUT2D eigenvalue weighted by Gasteiger charge is -2.12. The number of hydrogen-bond donors (Lipinski definition) is 0. The summed E-state index contributed by atoms with van der Waals surface area (Å²) in [5, 5.41) is 10.9. The van der Waals surface area contributed by atoms with Gasteiger partial charge in [-0.05, 0) is 49.7 Å². The molecule has 0 N–H and O–H groups in total. The van der Waals surface area contributed by atoms with Gasteiger partial charge in [0.1, 0.15) is 4.83 Å². The summed E-state index contributed by atoms with van der Waals surface area (Å²) in [6, 6.07) is 10.4. The molecule has 32 heavy (non-hydrogen) atoms. The van der Waals surface area contributed by atoms with Gasteiger partial charge in [-0.2, -0.15) is 0 Å². The summed E-state index contributed by atoms with van der Waals surface area (Å²) in [4.78, 5) is 16.2. The summed E-state index contributed by atoms with van der Waals surface area (Å²) in [5.74, 6) is 1.73. The quantitative estimate of drug-likeness (QED) is 0.228. The highest BCUT2D eigenvalue weighted by molar-refractivity contribution is 7.99. The minimum Gasteiger partial charge on any atom is -0.276 e. The molecule has 3 aromatic heterocycles. The monoisotopic (exact) mass is 466 g/mol. The molecule has 0 aliphatic heterocycles. The standard InChI is InChI=1S/C25H30N4OS2/c1-2-3-4-10-17-31-25-27-26-24-28(16-15-18-11-6-5-7-12-18)22(30)21-19-13-8-9-14-20(19)32-23(21)29(24)25/h5-7,11-12H,2-4,8-10,13-17H2,1H3. The van der Waals surface area contributed by atoms with E-state index in [0.29, 0.717) is 12.3 Å². The highest BCUT2D eigenvalue weighted by atomic mass is 32.2. The van der Waals surface area contributed by atoms with Crippen molar-refractivity contribution in [2.75, 3.05) is 5.75 Å². The molecule has 0 spiro atoms. The van der Waals surface area contributed by atoms with Crippen LogP contribution in [-0.4, -0.2) is 24.9 Å². The second-order valence-corrected chi connectivity index (χ2v) is 10.8. The Balaban J connectivity index is 1.58. The van der Waals surface area contributed by atoms with Gasteiger partial charge in [-0.25, -0.2) is 4.40 Å². The average Bonchev–Trinajstić information content (AvgIpc) is 3.41. The van der Waals surface area contributed by atoms with Crippen LogP contribution in [0.3, 0.4) is 0 Å². The number of hydrogen-bond acceptors (Lipinski definition) is 5. The van der Waals surface area contributed by atoms with Crippen molar-refractivity contribution in [1.29, 1.82) is 0 Å². The molecule has 1 aliphatic rings. The lowest BCUT2D eigenvalue weighted by atomic mass is 9.97. The molecule has 168 valence electrons. The zero-order chi connectivity index (χ0) is 21.9. The van der Waals surface area contributed by atoms with Gasteiger partial charge in [-0.15, -0.1) is 21.5 Å². The van der Waals surface area contributed by atoms with Crippen LogP contribution >= 0.6 is 23.1 Å². The fraction of sp³-hybridized carbons (Fsp3) is 0.480. The maximum Gasteiger partial charge on any atom is 0.263 e. The van der Waals surface area contributed by atoms with Crippen molar-refractivity contribution < 1.29 is 0 Å². The van der Waals surface area contributed by atoms with Crippen molar-refractivity contribution in [3.05, 3.63) is 56.7 Å². The first-order valence-electron chi connectivity index (χ1n) is 11.9. The average molecular weight is 467 g/mol. The molecule has 1 aliphatic carbocycles. The minimum atomic E-state index is 0.106. The Labute approximate surface area is 196 Å². The van der Waals surface area contributed by atoms with Gasteiger partial charge in [-0.1, -0.05) is 68.3 Å². The predicted molar refractivity (Wildman–Crippen MR) is 134 cm³/mol. The summed E-state index contributed by atoms with van der Waals surface area (Å²) in [5.41, 5.74) is 2.62. The number of unbranched alkanes of at least 4 members (excludes halogenated alkanes) is 3. The molecule has 5 rings (SSSR count). The molecule has 0 amide bonds. The molecule has 0 saturated heterocycles. The highest BCUT2D eigenvalue weighted by Gasteiger charge is 2.24. The fourth-order valence-electron chi connectivity index (χ4n) is 4.64. The van der Waals surface area contributed by atoms with E-state index in [1.807, 2.05) is 10.6 Å². The van der Waals surface area contributed by atoms with Crippen LogP contribution in [-0.2, 0) is 25.8 Å². The van der Waals surface area contributed by atoms with Crippen LogP contribution in [0.1, 0.15) is 61.5 Å². The molecule has 0 unspecified atom stereocenters. The zero-order valence-electron chi connectivity index (χ0n) is 18.7. The maximum atomic E-state index is 13.7. The van der Waals surface area contributed by atoms with Crippen molar-refractivity contribution in [3.63, 3.8) is 0 Å². The number of benzene rings is 1. The molecule has 1 aromatic carbocycles. The van der Waals surface area contributed by atoms with E-state index in [2.05, 4.69) is 45.8 Å². The Morgan fingerprint density at radius 1 is 1.06 bits per heavy atom. The van der Waals surface area contributed by atoms with Gasteiger partial charge in [-0.3, -0.25) is 9.36 Å². The van der Waals surface area contributed by atoms with Crippen molar-refractivity contribution in [1.82, 2.24) is 19.2 Å². The molecule has 0 atom stereocenters. The number of aromatic nitrogens is 4. The molecule has 0 bridgehead atoms. The van der Waals surface area contributed by atoms with Gasteiger partial charge in [0.25, 0.3) is 5.56 Å². The summed E-state index contributed by atoms with van der Waals surface area (Å²) in [7, 11) is 0. The first-order chi connectivity index (χ1) is 15.8. The Morgan fingerprint density at radius 3 is 2.75 bits per heavy atom. The van der Waals surface area contributed by atoms with Gasteiger partial charge >= 0.3 is 0 Å². The Morgan fingerprint density at radius 2 is 1.91 bits per heavy atom. The summed E-state index contributed by atoms with van der Waals surface area (Å²) in [6.07, 6.45) is 10.2. The zero-order valence-corrected chi connectivity index (χ0v) is 20.3. The first kappa shape index (κ1) is 21.7. The largest absolute Gasteiger partial charge is 0.276 e. The normalized spacial score (nSPS) is 13.8. The topological polar surface area (TPSA) is 52.2 Å². The SMILES string of the molecule is CCCCCCSc1nnc2n(CCc3ccccc3)c(=O)c3c4c(sc3n12)CCCC4. The number of thioether (sulfide) groups is 1. The van der Waals surface area contributed by atoms with Crippen molar-refractivity contribution >= 4 is 39.1 Å². The van der Waals surface area contributed by atoms with Gasteiger partial charge in [0.15, 0.2) is 5.16 Å². The third-order valence-electron chi connectivity index (χ3n) is 6.37. The number of fused-ring (bicyclic) bond motifs is 5. The number of thiophene rings is 1. The van der Waals surface area contributed by atoms with Crippen LogP contribution < -0.4 is 5.56 Å². The number of rotatable bonds is 9. The Bertz CT molecular complexity index is 1270. The highest BCUT2D eigenvalue weighted by Crippen LogP contribution is 2.36. The van der Waals surface area contributed by atoms with Gasteiger partial charge in [0.2, 0.25) is 5.78 Å². The third kappa shape index (κ3) is 4.13. The molecular weight excluding hydrogens is 436 g/mol. The van der Waals surface area contributed by atoms with E-state index in [-0.39, 0.29) is 5.56 Å². The minimum absolute atomic E-state index is 0.106. The maximum absolute atomic E-state index is 13.7. The lowest BCUT2D eigenvalue weighted by molar-refractivity contribution is 0.673. The molecule has 4 aromatic rings. The summed E-state index contributed by atoms with van der Waals surface area (Å²) in [6.45, 7) is 2.86. The van der Waals surface area contributed by atoms with Crippen LogP contribution in [0.25, 0.3) is 16.0 Å².